The summed E-state index contributed by atoms with van der Waals surface area (Å²) in [5.41, 5.74) is 6.32. The number of hydrogen-bond donors (Lipinski definition) is 1. The fourth-order valence-electron chi connectivity index (χ4n) is 3.84. The molecule has 2 N–H and O–H groups in total. The summed E-state index contributed by atoms with van der Waals surface area (Å²) in [5, 5.41) is 0. The van der Waals surface area contributed by atoms with Crippen LogP contribution in [0.1, 0.15) is 71.3 Å². The standard InChI is InChI=1S/C24H38N2O4/c1-14(2)9-17-13-26-8-7-16-10-21(28-5)22(29-6)11-18(16)19(26)12-20(17)30-24(27)23(25)15(3)4/h10-11,14-15,17,19-20,23H,7-9,12-13,25H2,1-6H3/t17?,19?,20?,23-/m0/s1/i1D3,7D2,8D2,9D2,14D/t14?,17?,19?,20?,23-. The van der Waals surface area contributed by atoms with E-state index in [9.17, 15) is 4.79 Å². The average Bonchev–Trinajstić information content (AvgIpc) is 2.85. The van der Waals surface area contributed by atoms with Gasteiger partial charge in [-0.25, -0.2) is 0 Å². The first kappa shape index (κ1) is 12.9. The highest BCUT2D eigenvalue weighted by Gasteiger charge is 2.41. The van der Waals surface area contributed by atoms with Crippen LogP contribution in [0.5, 0.6) is 11.5 Å². The van der Waals surface area contributed by atoms with Crippen molar-refractivity contribution < 1.29 is 32.7 Å². The van der Waals surface area contributed by atoms with Crippen LogP contribution in [-0.4, -0.2) is 50.3 Å². The van der Waals surface area contributed by atoms with Crippen LogP contribution < -0.4 is 15.2 Å². The van der Waals surface area contributed by atoms with Crippen molar-refractivity contribution in [3.8, 4) is 11.5 Å². The van der Waals surface area contributed by atoms with Gasteiger partial charge in [0.25, 0.3) is 0 Å². The molecule has 6 heteroatoms. The van der Waals surface area contributed by atoms with Crippen molar-refractivity contribution in [2.75, 3.05) is 27.3 Å². The monoisotopic (exact) mass is 428 g/mol. The lowest BCUT2D eigenvalue weighted by atomic mass is 9.79. The summed E-state index contributed by atoms with van der Waals surface area (Å²) >= 11 is 0. The number of benzene rings is 1. The van der Waals surface area contributed by atoms with E-state index >= 15 is 0 Å². The maximum atomic E-state index is 13.0. The molecular formula is C24H38N2O4. The first-order chi connectivity index (χ1) is 18.1. The zero-order chi connectivity index (χ0) is 30.8. The minimum absolute atomic E-state index is 0.00496. The molecule has 30 heavy (non-hydrogen) atoms. The van der Waals surface area contributed by atoms with Gasteiger partial charge in [-0.15, -0.1) is 0 Å². The van der Waals surface area contributed by atoms with E-state index in [0.717, 1.165) is 11.8 Å². The smallest absolute Gasteiger partial charge is 0.323 e. The molecule has 0 saturated carbocycles. The number of fused-ring (bicyclic) bond motifs is 3. The molecule has 0 amide bonds. The molecule has 1 fully saturated rings. The summed E-state index contributed by atoms with van der Waals surface area (Å²) in [6.45, 7) is -2.00. The summed E-state index contributed by atoms with van der Waals surface area (Å²) in [4.78, 5) is 14.1. The Bertz CT molecular complexity index is 1130. The van der Waals surface area contributed by atoms with Crippen LogP contribution in [0.15, 0.2) is 12.1 Å². The Balaban J connectivity index is 2.23. The van der Waals surface area contributed by atoms with Crippen LogP contribution in [0.4, 0.5) is 0 Å². The molecule has 1 saturated heterocycles. The van der Waals surface area contributed by atoms with Gasteiger partial charge in [-0.05, 0) is 47.8 Å². The van der Waals surface area contributed by atoms with Crippen molar-refractivity contribution in [1.29, 1.82) is 0 Å². The molecular weight excluding hydrogens is 380 g/mol. The van der Waals surface area contributed by atoms with Crippen molar-refractivity contribution in [3.63, 3.8) is 0 Å². The van der Waals surface area contributed by atoms with Gasteiger partial charge in [0.2, 0.25) is 0 Å². The predicted octanol–water partition coefficient (Wildman–Crippen LogP) is 3.56. The van der Waals surface area contributed by atoms with Crippen molar-refractivity contribution in [2.45, 2.75) is 65.0 Å². The van der Waals surface area contributed by atoms with E-state index in [2.05, 4.69) is 0 Å². The highest BCUT2D eigenvalue weighted by Crippen LogP contribution is 2.44. The lowest BCUT2D eigenvalue weighted by Gasteiger charge is -2.47. The van der Waals surface area contributed by atoms with Gasteiger partial charge in [-0.1, -0.05) is 27.6 Å². The Morgan fingerprint density at radius 3 is 2.70 bits per heavy atom. The lowest BCUT2D eigenvalue weighted by molar-refractivity contribution is -0.160. The fourth-order valence-corrected chi connectivity index (χ4v) is 3.84. The Morgan fingerprint density at radius 1 is 1.37 bits per heavy atom. The van der Waals surface area contributed by atoms with Gasteiger partial charge in [-0.3, -0.25) is 9.69 Å². The van der Waals surface area contributed by atoms with Gasteiger partial charge < -0.3 is 19.9 Å². The van der Waals surface area contributed by atoms with E-state index in [-0.39, 0.29) is 29.4 Å². The number of aryl methyl sites for hydroxylation is 1. The number of carbonyl (C=O) groups excluding carboxylic acids is 1. The largest absolute Gasteiger partial charge is 0.493 e. The first-order valence-electron chi connectivity index (χ1n) is 15.1. The molecule has 0 radical (unpaired) electrons. The first-order valence-corrected chi connectivity index (χ1v) is 10.1. The molecule has 0 bridgehead atoms. The molecule has 3 rings (SSSR count). The Labute approximate surface area is 195 Å². The molecule has 1 aromatic carbocycles. The molecule has 1 aromatic rings. The molecule has 0 aliphatic carbocycles. The minimum atomic E-state index is -3.08. The summed E-state index contributed by atoms with van der Waals surface area (Å²) < 4.78 is 102. The molecule has 6 nitrogen and oxygen atoms in total. The maximum Gasteiger partial charge on any atom is 0.323 e. The molecule has 2 aliphatic rings. The van der Waals surface area contributed by atoms with Crippen molar-refractivity contribution in [1.82, 2.24) is 4.90 Å². The molecule has 2 aliphatic heterocycles. The van der Waals surface area contributed by atoms with Crippen molar-refractivity contribution in [2.24, 2.45) is 23.5 Å². The Morgan fingerprint density at radius 2 is 2.07 bits per heavy atom. The van der Waals surface area contributed by atoms with Gasteiger partial charge >= 0.3 is 5.97 Å². The van der Waals surface area contributed by atoms with Crippen LogP contribution in [0.25, 0.3) is 0 Å². The quantitative estimate of drug-likeness (QED) is 0.670. The SMILES string of the molecule is [2H]C([2H])([2H])C([2H])(C)C([2H])([2H])C1CN2C(CC1OC(=O)[C@@H](N)C(C)C)c1cc(OC)c(OC)cc1C([2H])([2H])C2([2H])[2H]. The van der Waals surface area contributed by atoms with E-state index < -0.39 is 68.6 Å². The number of esters is 1. The zero-order valence-electron chi connectivity index (χ0n) is 28.1. The number of rotatable bonds is 7. The Hall–Kier alpha value is -1.79. The van der Waals surface area contributed by atoms with Crippen LogP contribution in [0.3, 0.4) is 0 Å². The third-order valence-electron chi connectivity index (χ3n) is 5.58. The van der Waals surface area contributed by atoms with Gasteiger partial charge in [0, 0.05) is 45.1 Å². The number of nitrogens with zero attached hydrogens (tertiary/aromatic N) is 1. The van der Waals surface area contributed by atoms with Crippen molar-refractivity contribution >= 4 is 5.97 Å². The summed E-state index contributed by atoms with van der Waals surface area (Å²) in [6, 6.07) is 0.903. The van der Waals surface area contributed by atoms with E-state index in [1.165, 1.54) is 26.4 Å². The minimum Gasteiger partial charge on any atom is -0.493 e. The second-order valence-corrected chi connectivity index (χ2v) is 8.06. The topological polar surface area (TPSA) is 74.0 Å². The van der Waals surface area contributed by atoms with E-state index in [4.69, 9.17) is 33.7 Å². The number of piperidine rings is 1. The van der Waals surface area contributed by atoms with Crippen LogP contribution in [-0.2, 0) is 15.9 Å². The molecule has 0 spiro atoms. The third kappa shape index (κ3) is 4.75. The van der Waals surface area contributed by atoms with E-state index in [1.807, 2.05) is 0 Å². The van der Waals surface area contributed by atoms with Gasteiger partial charge in [0.15, 0.2) is 11.5 Å². The number of methoxy groups -OCH3 is 2. The number of carbonyl (C=O) groups is 1. The number of nitrogens with two attached hydrogens (primary N) is 1. The van der Waals surface area contributed by atoms with Gasteiger partial charge in [0.05, 0.1) is 14.2 Å². The highest BCUT2D eigenvalue weighted by molar-refractivity contribution is 5.76. The maximum absolute atomic E-state index is 13.0. The van der Waals surface area contributed by atoms with Crippen LogP contribution in [0.2, 0.25) is 0 Å². The third-order valence-corrected chi connectivity index (χ3v) is 5.58. The molecule has 5 atom stereocenters. The van der Waals surface area contributed by atoms with E-state index in [0.29, 0.717) is 5.56 Å². The summed E-state index contributed by atoms with van der Waals surface area (Å²) in [6.07, 6.45) is -6.97. The average molecular weight is 429 g/mol. The van der Waals surface area contributed by atoms with Crippen LogP contribution >= 0.6 is 0 Å². The highest BCUT2D eigenvalue weighted by atomic mass is 16.5. The van der Waals surface area contributed by atoms with Gasteiger partial charge in [0.1, 0.15) is 12.1 Å². The second-order valence-electron chi connectivity index (χ2n) is 8.06. The van der Waals surface area contributed by atoms with Crippen molar-refractivity contribution in [3.05, 3.63) is 23.3 Å². The molecule has 2 heterocycles. The number of hydrogen-bond acceptors (Lipinski definition) is 6. The summed E-state index contributed by atoms with van der Waals surface area (Å²) in [5.74, 6) is -4.90. The summed E-state index contributed by atoms with van der Waals surface area (Å²) in [7, 11) is 2.76. The van der Waals surface area contributed by atoms with Gasteiger partial charge in [-0.2, -0.15) is 0 Å². The van der Waals surface area contributed by atoms with E-state index in [1.54, 1.807) is 13.8 Å². The second kappa shape index (κ2) is 9.56. The fraction of sp³-hybridized carbons (Fsp3) is 0.708. The predicted molar refractivity (Wildman–Crippen MR) is 118 cm³/mol. The Kier molecular flexibility index (Phi) is 4.12. The number of ether oxygens (including phenoxy) is 3. The van der Waals surface area contributed by atoms with Crippen LogP contribution in [0, 0.1) is 17.7 Å². The molecule has 4 unspecified atom stereocenters. The molecule has 0 aromatic heterocycles. The lowest BCUT2D eigenvalue weighted by Crippen LogP contribution is -2.51. The molecule has 168 valence electrons. The zero-order valence-corrected chi connectivity index (χ0v) is 18.1. The normalized spacial score (nSPS) is 36.0.